The van der Waals surface area contributed by atoms with Crippen molar-refractivity contribution >= 4 is 11.6 Å². The number of non-ortho nitro benzene ring substituents is 1. The lowest BCUT2D eigenvalue weighted by Gasteiger charge is -2.38. The molecule has 1 aliphatic heterocycles. The Labute approximate surface area is 116 Å². The van der Waals surface area contributed by atoms with E-state index in [9.17, 15) is 32.5 Å². The standard InChI is InChI=1S/C12H10F4N2O3/c1-11(14)5-12(15,16)9(17-10(11)19)7-4-6(18(20)21)2-3-8(7)13/h2-4,9H,5H2,1H3,(H,17,19). The van der Waals surface area contributed by atoms with Crippen molar-refractivity contribution in [2.24, 2.45) is 0 Å². The van der Waals surface area contributed by atoms with Gasteiger partial charge in [-0.05, 0) is 13.0 Å². The second kappa shape index (κ2) is 4.68. The highest BCUT2D eigenvalue weighted by atomic mass is 19.3. The van der Waals surface area contributed by atoms with E-state index in [4.69, 9.17) is 0 Å². The number of piperidine rings is 1. The molecule has 1 heterocycles. The summed E-state index contributed by atoms with van der Waals surface area (Å²) in [6.07, 6.45) is -1.43. The molecule has 0 aromatic heterocycles. The number of hydrogen-bond donors (Lipinski definition) is 1. The van der Waals surface area contributed by atoms with Gasteiger partial charge in [-0.25, -0.2) is 17.6 Å². The van der Waals surface area contributed by atoms with Crippen molar-refractivity contribution in [2.45, 2.75) is 31.0 Å². The number of nitrogens with zero attached hydrogens (tertiary/aromatic N) is 1. The van der Waals surface area contributed by atoms with Crippen LogP contribution in [0.2, 0.25) is 0 Å². The van der Waals surface area contributed by atoms with Crippen molar-refractivity contribution in [1.29, 1.82) is 0 Å². The Balaban J connectivity index is 2.48. The van der Waals surface area contributed by atoms with Crippen molar-refractivity contribution in [1.82, 2.24) is 5.32 Å². The molecular weight excluding hydrogens is 296 g/mol. The molecule has 0 bridgehead atoms. The summed E-state index contributed by atoms with van der Waals surface area (Å²) in [6, 6.07) is -0.0942. The van der Waals surface area contributed by atoms with Crippen LogP contribution < -0.4 is 5.32 Å². The van der Waals surface area contributed by atoms with Crippen LogP contribution in [0.15, 0.2) is 18.2 Å². The van der Waals surface area contributed by atoms with E-state index in [1.807, 2.05) is 0 Å². The minimum absolute atomic E-state index is 0.606. The second-order valence-corrected chi connectivity index (χ2v) is 5.00. The molecule has 0 saturated carbocycles. The van der Waals surface area contributed by atoms with Crippen LogP contribution >= 0.6 is 0 Å². The maximum atomic E-state index is 13.9. The molecule has 1 N–H and O–H groups in total. The first-order valence-corrected chi connectivity index (χ1v) is 5.86. The van der Waals surface area contributed by atoms with Crippen molar-refractivity contribution in [3.63, 3.8) is 0 Å². The SMILES string of the molecule is CC1(F)CC(F)(F)C(c2cc([N+](=O)[O-])ccc2F)NC1=O. The lowest BCUT2D eigenvalue weighted by atomic mass is 9.85. The average molecular weight is 306 g/mol. The monoisotopic (exact) mass is 306 g/mol. The highest BCUT2D eigenvalue weighted by molar-refractivity contribution is 5.86. The molecular formula is C12H10F4N2O3. The van der Waals surface area contributed by atoms with E-state index in [0.717, 1.165) is 6.07 Å². The molecule has 21 heavy (non-hydrogen) atoms. The van der Waals surface area contributed by atoms with Gasteiger partial charge in [-0.15, -0.1) is 0 Å². The molecule has 0 radical (unpaired) electrons. The van der Waals surface area contributed by atoms with E-state index in [0.29, 0.717) is 19.1 Å². The molecule has 1 saturated heterocycles. The van der Waals surface area contributed by atoms with Crippen LogP contribution in [0.4, 0.5) is 23.2 Å². The predicted octanol–water partition coefficient (Wildman–Crippen LogP) is 2.66. The third kappa shape index (κ3) is 2.67. The fourth-order valence-corrected chi connectivity index (χ4v) is 2.18. The van der Waals surface area contributed by atoms with Gasteiger partial charge in [0.15, 0.2) is 5.67 Å². The maximum absolute atomic E-state index is 13.9. The lowest BCUT2D eigenvalue weighted by molar-refractivity contribution is -0.385. The maximum Gasteiger partial charge on any atom is 0.275 e. The first-order valence-electron chi connectivity index (χ1n) is 5.86. The molecule has 1 aromatic carbocycles. The summed E-state index contributed by atoms with van der Waals surface area (Å²) in [6.45, 7) is 0.691. The highest BCUT2D eigenvalue weighted by Gasteiger charge is 2.56. The zero-order valence-electron chi connectivity index (χ0n) is 10.7. The Kier molecular flexibility index (Phi) is 3.38. The van der Waals surface area contributed by atoms with Crippen LogP contribution in [0.5, 0.6) is 0 Å². The van der Waals surface area contributed by atoms with Crippen LogP contribution in [0.3, 0.4) is 0 Å². The van der Waals surface area contributed by atoms with Crippen molar-refractivity contribution < 1.29 is 27.3 Å². The van der Waals surface area contributed by atoms with E-state index in [-0.39, 0.29) is 0 Å². The second-order valence-electron chi connectivity index (χ2n) is 5.00. The quantitative estimate of drug-likeness (QED) is 0.518. The van der Waals surface area contributed by atoms with Crippen LogP contribution in [0, 0.1) is 15.9 Å². The largest absolute Gasteiger partial charge is 0.340 e. The molecule has 2 atom stereocenters. The Bertz CT molecular complexity index is 619. The highest BCUT2D eigenvalue weighted by Crippen LogP contribution is 2.44. The molecule has 0 aliphatic carbocycles. The number of carbonyl (C=O) groups excluding carboxylic acids is 1. The number of nitrogens with one attached hydrogen (secondary N) is 1. The summed E-state index contributed by atoms with van der Waals surface area (Å²) in [5.74, 6) is -6.25. The van der Waals surface area contributed by atoms with Gasteiger partial charge in [-0.1, -0.05) is 0 Å². The van der Waals surface area contributed by atoms with Gasteiger partial charge in [-0.3, -0.25) is 14.9 Å². The number of carbonyl (C=O) groups is 1. The molecule has 1 aromatic rings. The van der Waals surface area contributed by atoms with Gasteiger partial charge in [0.25, 0.3) is 17.5 Å². The Morgan fingerprint density at radius 2 is 2.00 bits per heavy atom. The first kappa shape index (κ1) is 15.2. The predicted molar refractivity (Wildman–Crippen MR) is 63.0 cm³/mol. The summed E-state index contributed by atoms with van der Waals surface area (Å²) >= 11 is 0. The van der Waals surface area contributed by atoms with E-state index < -0.39 is 52.0 Å². The van der Waals surface area contributed by atoms with Gasteiger partial charge in [-0.2, -0.15) is 0 Å². The topological polar surface area (TPSA) is 72.2 Å². The van der Waals surface area contributed by atoms with Crippen LogP contribution in [0.25, 0.3) is 0 Å². The zero-order valence-corrected chi connectivity index (χ0v) is 10.7. The number of benzene rings is 1. The number of amides is 1. The first-order chi connectivity index (χ1) is 9.54. The number of alkyl halides is 3. The molecule has 5 nitrogen and oxygen atoms in total. The minimum Gasteiger partial charge on any atom is -0.340 e. The van der Waals surface area contributed by atoms with Gasteiger partial charge in [0.05, 0.1) is 11.3 Å². The Hall–Kier alpha value is -2.19. The fraction of sp³-hybridized carbons (Fsp3) is 0.417. The molecule has 1 amide bonds. The van der Waals surface area contributed by atoms with Crippen molar-refractivity contribution in [3.05, 3.63) is 39.7 Å². The molecule has 9 heteroatoms. The zero-order chi connectivity index (χ0) is 16.0. The third-order valence-electron chi connectivity index (χ3n) is 3.24. The summed E-state index contributed by atoms with van der Waals surface area (Å²) in [7, 11) is 0. The fourth-order valence-electron chi connectivity index (χ4n) is 2.18. The molecule has 0 spiro atoms. The van der Waals surface area contributed by atoms with Gasteiger partial charge in [0.1, 0.15) is 11.9 Å². The van der Waals surface area contributed by atoms with Crippen LogP contribution in [-0.4, -0.2) is 22.4 Å². The Morgan fingerprint density at radius 3 is 2.57 bits per heavy atom. The minimum atomic E-state index is -3.78. The molecule has 1 aliphatic rings. The van der Waals surface area contributed by atoms with E-state index in [1.54, 1.807) is 5.32 Å². The third-order valence-corrected chi connectivity index (χ3v) is 3.24. The van der Waals surface area contributed by atoms with Crippen LogP contribution in [-0.2, 0) is 4.79 Å². The smallest absolute Gasteiger partial charge is 0.275 e. The number of nitro groups is 1. The van der Waals surface area contributed by atoms with Gasteiger partial charge >= 0.3 is 0 Å². The summed E-state index contributed by atoms with van der Waals surface area (Å²) in [5.41, 5.74) is -4.15. The molecule has 1 fully saturated rings. The molecule has 2 rings (SSSR count). The normalized spacial score (nSPS) is 28.0. The molecule has 114 valence electrons. The number of rotatable bonds is 2. The van der Waals surface area contributed by atoms with E-state index in [2.05, 4.69) is 0 Å². The lowest BCUT2D eigenvalue weighted by Crippen LogP contribution is -2.57. The average Bonchev–Trinajstić information content (AvgIpc) is 2.33. The van der Waals surface area contributed by atoms with Crippen LogP contribution in [0.1, 0.15) is 24.9 Å². The number of nitro benzene ring substituents is 1. The summed E-state index contributed by atoms with van der Waals surface area (Å²) in [4.78, 5) is 21.2. The Morgan fingerprint density at radius 1 is 1.38 bits per heavy atom. The van der Waals surface area contributed by atoms with Crippen molar-refractivity contribution in [3.8, 4) is 0 Å². The van der Waals surface area contributed by atoms with E-state index in [1.165, 1.54) is 0 Å². The number of halogens is 4. The summed E-state index contributed by atoms with van der Waals surface area (Å²) in [5, 5.41) is 12.3. The van der Waals surface area contributed by atoms with Crippen molar-refractivity contribution in [2.75, 3.05) is 0 Å². The van der Waals surface area contributed by atoms with Gasteiger partial charge in [0.2, 0.25) is 0 Å². The summed E-state index contributed by atoms with van der Waals surface area (Å²) < 4.78 is 55.2. The van der Waals surface area contributed by atoms with Gasteiger partial charge < -0.3 is 5.32 Å². The van der Waals surface area contributed by atoms with E-state index >= 15 is 0 Å². The van der Waals surface area contributed by atoms with Gasteiger partial charge in [0, 0.05) is 17.7 Å². The number of hydrogen-bond acceptors (Lipinski definition) is 3. The molecule has 2 unspecified atom stereocenters.